The lowest BCUT2D eigenvalue weighted by molar-refractivity contribution is 0.204. The number of hydrogen-bond acceptors (Lipinski definition) is 4. The third-order valence-corrected chi connectivity index (χ3v) is 3.15. The molecule has 0 bridgehead atoms. The van der Waals surface area contributed by atoms with Gasteiger partial charge in [-0.05, 0) is 32.0 Å². The molecule has 0 saturated heterocycles. The van der Waals surface area contributed by atoms with Crippen LogP contribution in [0.2, 0.25) is 0 Å². The van der Waals surface area contributed by atoms with Crippen LogP contribution in [0.25, 0.3) is 0 Å². The van der Waals surface area contributed by atoms with Gasteiger partial charge in [0.1, 0.15) is 0 Å². The van der Waals surface area contributed by atoms with E-state index in [1.807, 2.05) is 4.57 Å². The largest absolute Gasteiger partial charge is 0.383 e. The second-order valence-electron chi connectivity index (χ2n) is 3.99. The van der Waals surface area contributed by atoms with Crippen molar-refractivity contribution >= 4 is 18.2 Å². The van der Waals surface area contributed by atoms with Gasteiger partial charge in [0.15, 0.2) is 4.77 Å². The van der Waals surface area contributed by atoms with Crippen LogP contribution in [0.3, 0.4) is 0 Å². The highest BCUT2D eigenvalue weighted by atomic mass is 32.1. The molecule has 1 aromatic rings. The van der Waals surface area contributed by atoms with E-state index in [1.54, 1.807) is 7.11 Å². The zero-order valence-corrected chi connectivity index (χ0v) is 10.6. The normalized spacial score (nSPS) is 15.4. The Hall–Kier alpha value is -0.880. The molecule has 0 unspecified atom stereocenters. The molecule has 90 valence electrons. The molecule has 1 aromatic heterocycles. The van der Waals surface area contributed by atoms with Crippen LogP contribution in [0.4, 0.5) is 5.95 Å². The van der Waals surface area contributed by atoms with Crippen molar-refractivity contribution in [3.8, 4) is 0 Å². The molecule has 1 fully saturated rings. The zero-order valence-electron chi connectivity index (χ0n) is 9.77. The minimum Gasteiger partial charge on any atom is -0.383 e. The Kier molecular flexibility index (Phi) is 3.60. The Morgan fingerprint density at radius 1 is 1.62 bits per heavy atom. The van der Waals surface area contributed by atoms with Crippen LogP contribution in [0, 0.1) is 4.77 Å². The smallest absolute Gasteiger partial charge is 0.226 e. The van der Waals surface area contributed by atoms with Gasteiger partial charge < -0.3 is 9.64 Å². The standard InChI is InChI=1S/C10H18N4OS/c1-3-13-9(11-12-10(13)16)14(6-7-15-2)8-4-5-8/h8H,3-7H2,1-2H3,(H,12,16). The number of nitrogens with zero attached hydrogens (tertiary/aromatic N) is 3. The first-order valence-corrected chi connectivity index (χ1v) is 6.09. The third kappa shape index (κ3) is 2.27. The molecule has 1 aliphatic rings. The summed E-state index contributed by atoms with van der Waals surface area (Å²) in [5.41, 5.74) is 0. The van der Waals surface area contributed by atoms with Gasteiger partial charge >= 0.3 is 0 Å². The van der Waals surface area contributed by atoms with Crippen LogP contribution < -0.4 is 4.90 Å². The highest BCUT2D eigenvalue weighted by molar-refractivity contribution is 7.71. The predicted octanol–water partition coefficient (Wildman–Crippen LogP) is 1.58. The number of methoxy groups -OCH3 is 1. The summed E-state index contributed by atoms with van der Waals surface area (Å²) in [7, 11) is 1.72. The summed E-state index contributed by atoms with van der Waals surface area (Å²) in [5.74, 6) is 0.951. The number of aromatic nitrogens is 3. The lowest BCUT2D eigenvalue weighted by Gasteiger charge is -2.22. The van der Waals surface area contributed by atoms with E-state index in [1.165, 1.54) is 12.8 Å². The fraction of sp³-hybridized carbons (Fsp3) is 0.800. The Bertz CT molecular complexity index is 396. The summed E-state index contributed by atoms with van der Waals surface area (Å²) in [6, 6.07) is 0.616. The topological polar surface area (TPSA) is 46.1 Å². The van der Waals surface area contributed by atoms with Crippen molar-refractivity contribution in [1.29, 1.82) is 0 Å². The van der Waals surface area contributed by atoms with E-state index >= 15 is 0 Å². The van der Waals surface area contributed by atoms with Crippen LogP contribution in [0.5, 0.6) is 0 Å². The summed E-state index contributed by atoms with van der Waals surface area (Å²) in [6.07, 6.45) is 2.49. The molecular formula is C10H18N4OS. The van der Waals surface area contributed by atoms with Crippen molar-refractivity contribution in [3.05, 3.63) is 4.77 Å². The molecule has 6 heteroatoms. The quantitative estimate of drug-likeness (QED) is 0.769. The molecule has 2 rings (SSSR count). The van der Waals surface area contributed by atoms with Crippen molar-refractivity contribution in [1.82, 2.24) is 14.8 Å². The highest BCUT2D eigenvalue weighted by Crippen LogP contribution is 2.30. The maximum absolute atomic E-state index is 5.20. The molecule has 0 aromatic carbocycles. The lowest BCUT2D eigenvalue weighted by Crippen LogP contribution is -2.32. The van der Waals surface area contributed by atoms with Gasteiger partial charge in [0, 0.05) is 26.2 Å². The van der Waals surface area contributed by atoms with Crippen molar-refractivity contribution in [3.63, 3.8) is 0 Å². The second-order valence-corrected chi connectivity index (χ2v) is 4.38. The number of aromatic amines is 1. The lowest BCUT2D eigenvalue weighted by atomic mass is 10.5. The minimum atomic E-state index is 0.616. The first kappa shape index (κ1) is 11.6. The maximum atomic E-state index is 5.20. The Morgan fingerprint density at radius 3 is 2.94 bits per heavy atom. The zero-order chi connectivity index (χ0) is 11.5. The fourth-order valence-corrected chi connectivity index (χ4v) is 2.09. The van der Waals surface area contributed by atoms with Gasteiger partial charge in [-0.1, -0.05) is 0 Å². The number of rotatable bonds is 6. The monoisotopic (exact) mass is 242 g/mol. The van der Waals surface area contributed by atoms with E-state index in [2.05, 4.69) is 22.0 Å². The summed E-state index contributed by atoms with van der Waals surface area (Å²) in [6.45, 7) is 4.53. The summed E-state index contributed by atoms with van der Waals surface area (Å²) >= 11 is 5.20. The summed E-state index contributed by atoms with van der Waals surface area (Å²) in [4.78, 5) is 2.29. The van der Waals surface area contributed by atoms with E-state index in [-0.39, 0.29) is 0 Å². The van der Waals surface area contributed by atoms with Gasteiger partial charge in [-0.3, -0.25) is 4.57 Å². The Labute approximate surface area is 100 Å². The van der Waals surface area contributed by atoms with Crippen LogP contribution in [-0.4, -0.2) is 41.1 Å². The average molecular weight is 242 g/mol. The summed E-state index contributed by atoms with van der Waals surface area (Å²) in [5, 5.41) is 7.18. The predicted molar refractivity (Wildman–Crippen MR) is 65.3 cm³/mol. The summed E-state index contributed by atoms with van der Waals surface area (Å²) < 4.78 is 7.86. The average Bonchev–Trinajstić information content (AvgIpc) is 3.04. The maximum Gasteiger partial charge on any atom is 0.226 e. The fourth-order valence-electron chi connectivity index (χ4n) is 1.84. The van der Waals surface area contributed by atoms with Crippen LogP contribution in [0.15, 0.2) is 0 Å². The third-order valence-electron chi connectivity index (χ3n) is 2.84. The van der Waals surface area contributed by atoms with Gasteiger partial charge in [0.2, 0.25) is 5.95 Å². The Morgan fingerprint density at radius 2 is 2.38 bits per heavy atom. The van der Waals surface area contributed by atoms with Crippen molar-refractivity contribution in [2.24, 2.45) is 0 Å². The molecular weight excluding hydrogens is 224 g/mol. The number of hydrogen-bond donors (Lipinski definition) is 1. The molecule has 1 aliphatic carbocycles. The first-order valence-electron chi connectivity index (χ1n) is 5.68. The number of nitrogens with one attached hydrogen (secondary N) is 1. The molecule has 0 spiro atoms. The Balaban J connectivity index is 2.20. The minimum absolute atomic E-state index is 0.616. The van der Waals surface area contributed by atoms with Crippen LogP contribution in [-0.2, 0) is 11.3 Å². The van der Waals surface area contributed by atoms with Crippen molar-refractivity contribution in [2.75, 3.05) is 25.2 Å². The van der Waals surface area contributed by atoms with Gasteiger partial charge in [0.25, 0.3) is 0 Å². The molecule has 0 aliphatic heterocycles. The second kappa shape index (κ2) is 4.97. The van der Waals surface area contributed by atoms with Gasteiger partial charge in [-0.25, -0.2) is 5.10 Å². The van der Waals surface area contributed by atoms with Gasteiger partial charge in [-0.2, -0.15) is 0 Å². The number of anilines is 1. The van der Waals surface area contributed by atoms with E-state index in [9.17, 15) is 0 Å². The molecule has 1 heterocycles. The number of H-pyrrole nitrogens is 1. The molecule has 16 heavy (non-hydrogen) atoms. The van der Waals surface area contributed by atoms with Crippen molar-refractivity contribution in [2.45, 2.75) is 32.4 Å². The molecule has 5 nitrogen and oxygen atoms in total. The van der Waals surface area contributed by atoms with Gasteiger partial charge in [-0.15, -0.1) is 5.10 Å². The van der Waals surface area contributed by atoms with Gasteiger partial charge in [0.05, 0.1) is 6.61 Å². The number of ether oxygens (including phenoxy) is 1. The first-order chi connectivity index (χ1) is 7.77. The SMILES string of the molecule is CCn1c(N(CCOC)C2CC2)n[nH]c1=S. The van der Waals surface area contributed by atoms with Crippen LogP contribution in [0.1, 0.15) is 19.8 Å². The van der Waals surface area contributed by atoms with E-state index in [0.717, 1.165) is 25.6 Å². The molecule has 0 atom stereocenters. The molecule has 1 N–H and O–H groups in total. The highest BCUT2D eigenvalue weighted by Gasteiger charge is 2.31. The van der Waals surface area contributed by atoms with Crippen LogP contribution >= 0.6 is 12.2 Å². The molecule has 1 saturated carbocycles. The van der Waals surface area contributed by atoms with E-state index in [0.29, 0.717) is 10.8 Å². The van der Waals surface area contributed by atoms with E-state index in [4.69, 9.17) is 17.0 Å². The molecule has 0 radical (unpaired) electrons. The van der Waals surface area contributed by atoms with E-state index < -0.39 is 0 Å². The van der Waals surface area contributed by atoms with Crippen molar-refractivity contribution < 1.29 is 4.74 Å². The molecule has 0 amide bonds.